The van der Waals surface area contributed by atoms with Gasteiger partial charge in [0.2, 0.25) is 5.91 Å². The van der Waals surface area contributed by atoms with Gasteiger partial charge in [-0.15, -0.1) is 0 Å². The first-order valence-electron chi connectivity index (χ1n) is 7.38. The van der Waals surface area contributed by atoms with Crippen molar-refractivity contribution in [3.8, 4) is 0 Å². The maximum absolute atomic E-state index is 11.6. The van der Waals surface area contributed by atoms with Crippen LogP contribution in [0.1, 0.15) is 30.1 Å². The molecule has 0 spiro atoms. The number of nitro groups is 1. The first-order valence-corrected chi connectivity index (χ1v) is 7.38. The first-order chi connectivity index (χ1) is 10.8. The number of hydrogen-bond donors (Lipinski definition) is 1. The normalized spacial score (nSPS) is 15.3. The van der Waals surface area contributed by atoms with Crippen LogP contribution in [0, 0.1) is 10.1 Å². The number of hydrogen-bond acceptors (Lipinski definition) is 5. The number of amides is 2. The molecule has 0 atom stereocenters. The molecule has 1 saturated heterocycles. The molecule has 0 aromatic heterocycles. The lowest BCUT2D eigenvalue weighted by Crippen LogP contribution is -2.45. The molecule has 2 rings (SSSR count). The van der Waals surface area contributed by atoms with Crippen molar-refractivity contribution in [1.29, 1.82) is 0 Å². The molecule has 1 fully saturated rings. The smallest absolute Gasteiger partial charge is 0.270 e. The van der Waals surface area contributed by atoms with E-state index in [4.69, 9.17) is 5.73 Å². The van der Waals surface area contributed by atoms with Crippen LogP contribution in [0.25, 0.3) is 0 Å². The summed E-state index contributed by atoms with van der Waals surface area (Å²) in [6.45, 7) is 2.84. The van der Waals surface area contributed by atoms with Crippen LogP contribution in [0.2, 0.25) is 0 Å². The van der Waals surface area contributed by atoms with Crippen LogP contribution in [0.4, 0.5) is 11.4 Å². The molecule has 0 bridgehead atoms. The van der Waals surface area contributed by atoms with E-state index in [9.17, 15) is 19.7 Å². The van der Waals surface area contributed by atoms with Gasteiger partial charge < -0.3 is 15.5 Å². The largest absolute Gasteiger partial charge is 0.371 e. The average molecular weight is 320 g/mol. The molecule has 1 aliphatic rings. The maximum atomic E-state index is 11.6. The molecule has 2 N–H and O–H groups in total. The van der Waals surface area contributed by atoms with Crippen LogP contribution in [-0.2, 0) is 4.79 Å². The molecule has 124 valence electrons. The molecule has 8 nitrogen and oxygen atoms in total. The Bertz CT molecular complexity index is 638. The summed E-state index contributed by atoms with van der Waals surface area (Å²) < 4.78 is 0. The predicted molar refractivity (Wildman–Crippen MR) is 85.3 cm³/mol. The van der Waals surface area contributed by atoms with Crippen molar-refractivity contribution in [3.05, 3.63) is 33.9 Å². The lowest BCUT2D eigenvalue weighted by molar-refractivity contribution is -0.384. The Balaban J connectivity index is 2.19. The molecule has 0 radical (unpaired) electrons. The molecular weight excluding hydrogens is 300 g/mol. The van der Waals surface area contributed by atoms with E-state index >= 15 is 0 Å². The van der Waals surface area contributed by atoms with Gasteiger partial charge in [-0.3, -0.25) is 19.7 Å². The minimum absolute atomic E-state index is 0.0246. The zero-order valence-electron chi connectivity index (χ0n) is 13.2. The summed E-state index contributed by atoms with van der Waals surface area (Å²) in [5, 5.41) is 10.8. The molecule has 0 saturated carbocycles. The van der Waals surface area contributed by atoms with Crippen molar-refractivity contribution < 1.29 is 14.5 Å². The highest BCUT2D eigenvalue weighted by molar-refractivity contribution is 5.99. The molecule has 0 aliphatic carbocycles. The number of primary amides is 1. The molecule has 0 unspecified atom stereocenters. The summed E-state index contributed by atoms with van der Waals surface area (Å²) >= 11 is 0. The van der Waals surface area contributed by atoms with Crippen molar-refractivity contribution in [2.45, 2.75) is 25.8 Å². The van der Waals surface area contributed by atoms with E-state index in [1.54, 1.807) is 18.0 Å². The third-order valence-corrected chi connectivity index (χ3v) is 4.31. The number of nitrogens with zero attached hydrogens (tertiary/aromatic N) is 3. The van der Waals surface area contributed by atoms with Crippen LogP contribution in [0.15, 0.2) is 18.2 Å². The molecule has 8 heteroatoms. The second-order valence-electron chi connectivity index (χ2n) is 5.67. The lowest BCUT2D eigenvalue weighted by Gasteiger charge is -2.38. The van der Waals surface area contributed by atoms with Crippen molar-refractivity contribution in [1.82, 2.24) is 4.90 Å². The van der Waals surface area contributed by atoms with Crippen LogP contribution in [0.5, 0.6) is 0 Å². The van der Waals surface area contributed by atoms with Gasteiger partial charge in [-0.1, -0.05) is 0 Å². The van der Waals surface area contributed by atoms with E-state index in [0.29, 0.717) is 18.8 Å². The summed E-state index contributed by atoms with van der Waals surface area (Å²) in [4.78, 5) is 37.0. The standard InChI is InChI=1S/C15H20N4O4/c1-10(20)17(2)11-5-7-18(8-6-11)14-4-3-12(19(22)23)9-13(14)15(16)21/h3-4,9,11H,5-8H2,1-2H3,(H2,16,21). The summed E-state index contributed by atoms with van der Waals surface area (Å²) in [7, 11) is 1.78. The van der Waals surface area contributed by atoms with Gasteiger partial charge in [0.25, 0.3) is 11.6 Å². The quantitative estimate of drug-likeness (QED) is 0.661. The molecule has 23 heavy (non-hydrogen) atoms. The minimum atomic E-state index is -0.688. The van der Waals surface area contributed by atoms with E-state index in [1.807, 2.05) is 4.90 Å². The number of nitrogens with two attached hydrogens (primary N) is 1. The average Bonchev–Trinajstić information content (AvgIpc) is 2.53. The molecule has 1 aromatic rings. The zero-order chi connectivity index (χ0) is 17.1. The van der Waals surface area contributed by atoms with Gasteiger partial charge >= 0.3 is 0 Å². The predicted octanol–water partition coefficient (Wildman–Crippen LogP) is 1.14. The fourth-order valence-corrected chi connectivity index (χ4v) is 2.86. The Morgan fingerprint density at radius 1 is 1.35 bits per heavy atom. The Labute approximate surface area is 134 Å². The number of benzene rings is 1. The van der Waals surface area contributed by atoms with Crippen LogP contribution < -0.4 is 10.6 Å². The van der Waals surface area contributed by atoms with Crippen molar-refractivity contribution in [3.63, 3.8) is 0 Å². The van der Waals surface area contributed by atoms with Crippen LogP contribution in [0.3, 0.4) is 0 Å². The SMILES string of the molecule is CC(=O)N(C)C1CCN(c2ccc([N+](=O)[O-])cc2C(N)=O)CC1. The Morgan fingerprint density at radius 3 is 2.43 bits per heavy atom. The molecule has 1 aliphatic heterocycles. The second kappa shape index (κ2) is 6.64. The number of nitro benzene ring substituents is 1. The molecule has 1 heterocycles. The van der Waals surface area contributed by atoms with Crippen LogP contribution >= 0.6 is 0 Å². The maximum Gasteiger partial charge on any atom is 0.270 e. The number of carbonyl (C=O) groups is 2. The highest BCUT2D eigenvalue weighted by Gasteiger charge is 2.26. The van der Waals surface area contributed by atoms with Gasteiger partial charge in [-0.25, -0.2) is 0 Å². The summed E-state index contributed by atoms with van der Waals surface area (Å²) in [6.07, 6.45) is 1.54. The van der Waals surface area contributed by atoms with Crippen molar-refractivity contribution in [2.24, 2.45) is 5.73 Å². The van der Waals surface area contributed by atoms with Crippen molar-refractivity contribution in [2.75, 3.05) is 25.0 Å². The number of carbonyl (C=O) groups excluding carboxylic acids is 2. The second-order valence-corrected chi connectivity index (χ2v) is 5.67. The van der Waals surface area contributed by atoms with Crippen LogP contribution in [-0.4, -0.2) is 47.8 Å². The van der Waals surface area contributed by atoms with E-state index < -0.39 is 10.8 Å². The third-order valence-electron chi connectivity index (χ3n) is 4.31. The van der Waals surface area contributed by atoms with Gasteiger partial charge in [-0.2, -0.15) is 0 Å². The topological polar surface area (TPSA) is 110 Å². The number of non-ortho nitro benzene ring substituents is 1. The highest BCUT2D eigenvalue weighted by atomic mass is 16.6. The summed E-state index contributed by atoms with van der Waals surface area (Å²) in [6, 6.07) is 4.31. The number of piperidine rings is 1. The first kappa shape index (κ1) is 16.7. The Morgan fingerprint density at radius 2 is 1.96 bits per heavy atom. The van der Waals surface area contributed by atoms with Gasteiger partial charge in [0, 0.05) is 45.2 Å². The van der Waals surface area contributed by atoms with E-state index in [1.165, 1.54) is 19.1 Å². The van der Waals surface area contributed by atoms with Gasteiger partial charge in [0.05, 0.1) is 16.2 Å². The zero-order valence-corrected chi connectivity index (χ0v) is 13.2. The summed E-state index contributed by atoms with van der Waals surface area (Å²) in [5.41, 5.74) is 5.96. The highest BCUT2D eigenvalue weighted by Crippen LogP contribution is 2.28. The van der Waals surface area contributed by atoms with E-state index in [-0.39, 0.29) is 23.2 Å². The minimum Gasteiger partial charge on any atom is -0.371 e. The van der Waals surface area contributed by atoms with Gasteiger partial charge in [0.1, 0.15) is 0 Å². The number of rotatable bonds is 4. The summed E-state index contributed by atoms with van der Waals surface area (Å²) in [5.74, 6) is -0.664. The van der Waals surface area contributed by atoms with Gasteiger partial charge in [0.15, 0.2) is 0 Å². The Hall–Kier alpha value is -2.64. The lowest BCUT2D eigenvalue weighted by atomic mass is 10.0. The van der Waals surface area contributed by atoms with E-state index in [0.717, 1.165) is 12.8 Å². The molecular formula is C15H20N4O4. The fourth-order valence-electron chi connectivity index (χ4n) is 2.86. The molecule has 2 amide bonds. The van der Waals surface area contributed by atoms with E-state index in [2.05, 4.69) is 0 Å². The monoisotopic (exact) mass is 320 g/mol. The Kier molecular flexibility index (Phi) is 4.83. The third kappa shape index (κ3) is 3.58. The molecule has 1 aromatic carbocycles. The van der Waals surface area contributed by atoms with Gasteiger partial charge in [-0.05, 0) is 18.9 Å². The van der Waals surface area contributed by atoms with Crippen molar-refractivity contribution >= 4 is 23.2 Å². The fraction of sp³-hybridized carbons (Fsp3) is 0.467. The number of anilines is 1.